The molecule has 32 heavy (non-hydrogen) atoms. The van der Waals surface area contributed by atoms with Gasteiger partial charge in [-0.2, -0.15) is 0 Å². The van der Waals surface area contributed by atoms with E-state index in [1.54, 1.807) is 6.20 Å². The number of rotatable bonds is 4. The molecule has 0 unspecified atom stereocenters. The van der Waals surface area contributed by atoms with Crippen molar-refractivity contribution in [2.24, 2.45) is 0 Å². The maximum Gasteiger partial charge on any atom is 0.230 e. The van der Waals surface area contributed by atoms with Crippen LogP contribution in [-0.2, 0) is 26.2 Å². The third-order valence-corrected chi connectivity index (χ3v) is 7.21. The molecule has 5 rings (SSSR count). The van der Waals surface area contributed by atoms with Crippen LogP contribution in [0.25, 0.3) is 5.65 Å². The first-order chi connectivity index (χ1) is 15.4. The number of pyridine rings is 1. The Hall–Kier alpha value is -2.70. The Balaban J connectivity index is 1.40. The summed E-state index contributed by atoms with van der Waals surface area (Å²) < 4.78 is 7.36. The minimum absolute atomic E-state index is 0.0484. The van der Waals surface area contributed by atoms with E-state index in [-0.39, 0.29) is 30.7 Å². The van der Waals surface area contributed by atoms with Crippen molar-refractivity contribution in [3.05, 3.63) is 70.6 Å². The number of carbonyl (C=O) groups excluding carboxylic acids is 2. The van der Waals surface area contributed by atoms with E-state index >= 15 is 0 Å². The summed E-state index contributed by atoms with van der Waals surface area (Å²) in [6, 6.07) is 9.98. The quantitative estimate of drug-likeness (QED) is 0.558. The van der Waals surface area contributed by atoms with E-state index in [1.807, 2.05) is 48.0 Å². The highest BCUT2D eigenvalue weighted by Gasteiger charge is 2.45. The fourth-order valence-corrected chi connectivity index (χ4v) is 5.47. The van der Waals surface area contributed by atoms with Crippen molar-refractivity contribution >= 4 is 29.1 Å². The summed E-state index contributed by atoms with van der Waals surface area (Å²) in [6.45, 7) is 3.17. The van der Waals surface area contributed by atoms with E-state index in [9.17, 15) is 9.59 Å². The number of hydrogen-bond donors (Lipinski definition) is 0. The number of nitrogens with zero attached hydrogens (tertiary/aromatic N) is 3. The Morgan fingerprint density at radius 3 is 2.62 bits per heavy atom. The molecular formula is C25H26ClN3O3. The third kappa shape index (κ3) is 3.82. The second kappa shape index (κ2) is 8.34. The molecule has 0 aliphatic carbocycles. The first kappa shape index (κ1) is 21.2. The predicted molar refractivity (Wildman–Crippen MR) is 122 cm³/mol. The van der Waals surface area contributed by atoms with Crippen LogP contribution in [0.5, 0.6) is 0 Å². The lowest BCUT2D eigenvalue weighted by Crippen LogP contribution is -2.54. The van der Waals surface area contributed by atoms with E-state index in [0.717, 1.165) is 22.3 Å². The predicted octanol–water partition coefficient (Wildman–Crippen LogP) is 4.16. The van der Waals surface area contributed by atoms with Crippen molar-refractivity contribution in [1.29, 1.82) is 0 Å². The number of halogens is 1. The van der Waals surface area contributed by atoms with Gasteiger partial charge in [0.05, 0.1) is 0 Å². The maximum atomic E-state index is 13.1. The van der Waals surface area contributed by atoms with E-state index in [1.165, 1.54) is 4.90 Å². The van der Waals surface area contributed by atoms with Gasteiger partial charge >= 0.3 is 0 Å². The second-order valence-electron chi connectivity index (χ2n) is 9.10. The Morgan fingerprint density at radius 1 is 1.12 bits per heavy atom. The molecule has 0 bridgehead atoms. The van der Waals surface area contributed by atoms with Crippen LogP contribution in [0.1, 0.15) is 49.3 Å². The largest absolute Gasteiger partial charge is 0.381 e. The minimum atomic E-state index is -0.615. The molecule has 3 aromatic rings. The van der Waals surface area contributed by atoms with Gasteiger partial charge in [-0.25, -0.2) is 4.98 Å². The average Bonchev–Trinajstić information content (AvgIpc) is 3.23. The van der Waals surface area contributed by atoms with Crippen LogP contribution in [0.2, 0.25) is 5.02 Å². The van der Waals surface area contributed by atoms with Gasteiger partial charge in [0.15, 0.2) is 0 Å². The van der Waals surface area contributed by atoms with Gasteiger partial charge < -0.3 is 9.14 Å². The fraction of sp³-hybridized carbons (Fsp3) is 0.400. The van der Waals surface area contributed by atoms with Crippen molar-refractivity contribution < 1.29 is 14.3 Å². The van der Waals surface area contributed by atoms with Crippen LogP contribution in [0.3, 0.4) is 0 Å². The van der Waals surface area contributed by atoms with Gasteiger partial charge in [0.25, 0.3) is 0 Å². The van der Waals surface area contributed by atoms with E-state index in [0.29, 0.717) is 37.5 Å². The normalized spacial score (nSPS) is 19.6. The van der Waals surface area contributed by atoms with Crippen molar-refractivity contribution in [3.8, 4) is 0 Å². The van der Waals surface area contributed by atoms with Crippen molar-refractivity contribution in [3.63, 3.8) is 0 Å². The maximum absolute atomic E-state index is 13.1. The van der Waals surface area contributed by atoms with Gasteiger partial charge in [-0.1, -0.05) is 36.7 Å². The van der Waals surface area contributed by atoms with Crippen LogP contribution in [0.15, 0.2) is 48.9 Å². The fourth-order valence-electron chi connectivity index (χ4n) is 5.05. The number of fused-ring (bicyclic) bond motifs is 1. The van der Waals surface area contributed by atoms with Crippen molar-refractivity contribution in [1.82, 2.24) is 14.3 Å². The lowest BCUT2D eigenvalue weighted by molar-refractivity contribution is -0.155. The zero-order valence-corrected chi connectivity index (χ0v) is 18.8. The van der Waals surface area contributed by atoms with Gasteiger partial charge in [0.1, 0.15) is 5.65 Å². The van der Waals surface area contributed by atoms with E-state index in [4.69, 9.17) is 16.3 Å². The Labute approximate surface area is 192 Å². The van der Waals surface area contributed by atoms with Crippen LogP contribution in [0.4, 0.5) is 0 Å². The van der Waals surface area contributed by atoms with Gasteiger partial charge in [-0.15, -0.1) is 0 Å². The van der Waals surface area contributed by atoms with E-state index in [2.05, 4.69) is 11.1 Å². The highest BCUT2D eigenvalue weighted by Crippen LogP contribution is 2.42. The number of imide groups is 1. The first-order valence-corrected chi connectivity index (χ1v) is 11.4. The summed E-state index contributed by atoms with van der Waals surface area (Å²) in [5, 5.41) is 0.637. The summed E-state index contributed by atoms with van der Waals surface area (Å²) in [4.78, 5) is 32.0. The molecule has 2 aromatic heterocycles. The highest BCUT2D eigenvalue weighted by atomic mass is 35.5. The number of hydrogen-bond acceptors (Lipinski definition) is 4. The number of carbonyl (C=O) groups is 2. The number of aromatic nitrogens is 2. The highest BCUT2D eigenvalue weighted by molar-refractivity contribution is 6.32. The van der Waals surface area contributed by atoms with Crippen molar-refractivity contribution in [2.75, 3.05) is 13.2 Å². The SMILES string of the molecule is CC1(c2cccc(Cc3ccn4ccnc4c3)c2Cl)CC(=O)N(C2CCOCC2)C(=O)C1. The van der Waals surface area contributed by atoms with Crippen molar-refractivity contribution in [2.45, 2.75) is 50.5 Å². The molecule has 4 heterocycles. The minimum Gasteiger partial charge on any atom is -0.381 e. The van der Waals surface area contributed by atoms with Gasteiger partial charge in [-0.05, 0) is 48.1 Å². The second-order valence-corrected chi connectivity index (χ2v) is 9.48. The molecule has 0 atom stereocenters. The van der Waals surface area contributed by atoms with Crippen LogP contribution >= 0.6 is 11.6 Å². The number of benzene rings is 1. The average molecular weight is 452 g/mol. The zero-order valence-electron chi connectivity index (χ0n) is 18.1. The number of amides is 2. The van der Waals surface area contributed by atoms with Crippen LogP contribution in [0, 0.1) is 0 Å². The molecule has 2 saturated heterocycles. The van der Waals surface area contributed by atoms with Gasteiger partial charge in [0.2, 0.25) is 11.8 Å². The van der Waals surface area contributed by atoms with Crippen LogP contribution < -0.4 is 0 Å². The molecule has 7 heteroatoms. The Morgan fingerprint density at radius 2 is 1.88 bits per heavy atom. The lowest BCUT2D eigenvalue weighted by atomic mass is 9.73. The summed E-state index contributed by atoms with van der Waals surface area (Å²) in [5.41, 5.74) is 3.23. The number of imidazole rings is 1. The summed E-state index contributed by atoms with van der Waals surface area (Å²) in [6.07, 6.45) is 8.31. The molecule has 166 valence electrons. The zero-order chi connectivity index (χ0) is 22.3. The van der Waals surface area contributed by atoms with Gasteiger partial charge in [-0.3, -0.25) is 14.5 Å². The molecule has 0 radical (unpaired) electrons. The van der Waals surface area contributed by atoms with Crippen LogP contribution in [-0.4, -0.2) is 45.4 Å². The lowest BCUT2D eigenvalue weighted by Gasteiger charge is -2.42. The molecular weight excluding hydrogens is 426 g/mol. The topological polar surface area (TPSA) is 63.9 Å². The molecule has 2 aliphatic rings. The number of ether oxygens (including phenoxy) is 1. The smallest absolute Gasteiger partial charge is 0.230 e. The third-order valence-electron chi connectivity index (χ3n) is 6.76. The molecule has 1 aromatic carbocycles. The molecule has 0 N–H and O–H groups in total. The molecule has 2 aliphatic heterocycles. The Bertz CT molecular complexity index is 1160. The molecule has 2 fully saturated rings. The summed E-state index contributed by atoms with van der Waals surface area (Å²) in [7, 11) is 0. The standard InChI is InChI=1S/C25H26ClN3O3/c1-25(15-22(30)29(23(31)16-25)19-6-11-32-12-7-19)20-4-2-3-18(24(20)26)13-17-5-9-28-10-8-27-21(28)14-17/h2-5,8-10,14,19H,6-7,11-13,15-16H2,1H3. The summed E-state index contributed by atoms with van der Waals surface area (Å²) in [5.74, 6) is -0.219. The molecule has 0 spiro atoms. The molecule has 6 nitrogen and oxygen atoms in total. The number of likely N-dealkylation sites (tertiary alicyclic amines) is 1. The molecule has 0 saturated carbocycles. The molecule has 2 amide bonds. The number of piperidine rings is 1. The Kier molecular flexibility index (Phi) is 5.51. The monoisotopic (exact) mass is 451 g/mol. The first-order valence-electron chi connectivity index (χ1n) is 11.1. The van der Waals surface area contributed by atoms with Gasteiger partial charge in [0, 0.05) is 61.1 Å². The van der Waals surface area contributed by atoms with E-state index < -0.39 is 5.41 Å². The summed E-state index contributed by atoms with van der Waals surface area (Å²) >= 11 is 6.89.